The van der Waals surface area contributed by atoms with Gasteiger partial charge < -0.3 is 10.6 Å². The van der Waals surface area contributed by atoms with Gasteiger partial charge in [-0.25, -0.2) is 13.6 Å². The van der Waals surface area contributed by atoms with Crippen molar-refractivity contribution in [1.82, 2.24) is 5.32 Å². The lowest BCUT2D eigenvalue weighted by Gasteiger charge is -2.23. The van der Waals surface area contributed by atoms with E-state index >= 15 is 0 Å². The fourth-order valence-corrected chi connectivity index (χ4v) is 2.55. The third-order valence-electron chi connectivity index (χ3n) is 3.71. The first-order valence-corrected chi connectivity index (χ1v) is 7.02. The molecule has 20 heavy (non-hydrogen) atoms. The van der Waals surface area contributed by atoms with E-state index in [0.717, 1.165) is 25.7 Å². The Kier molecular flexibility index (Phi) is 4.93. The Morgan fingerprint density at radius 2 is 1.95 bits per heavy atom. The van der Waals surface area contributed by atoms with Gasteiger partial charge in [-0.3, -0.25) is 0 Å². The Balaban J connectivity index is 1.95. The molecule has 1 aliphatic rings. The fraction of sp³-hybridized carbons (Fsp3) is 0.533. The molecule has 0 atom stereocenters. The summed E-state index contributed by atoms with van der Waals surface area (Å²) in [6.45, 7) is 1.63. The zero-order valence-electron chi connectivity index (χ0n) is 11.6. The first-order valence-electron chi connectivity index (χ1n) is 7.02. The van der Waals surface area contributed by atoms with Crippen molar-refractivity contribution in [2.45, 2.75) is 51.5 Å². The van der Waals surface area contributed by atoms with Crippen molar-refractivity contribution in [3.8, 4) is 0 Å². The predicted octanol–water partition coefficient (Wildman–Crippen LogP) is 4.39. The molecule has 0 unspecified atom stereocenters. The normalized spacial score (nSPS) is 16.2. The smallest absolute Gasteiger partial charge is 0.319 e. The van der Waals surface area contributed by atoms with E-state index in [-0.39, 0.29) is 17.6 Å². The zero-order chi connectivity index (χ0) is 14.5. The molecule has 0 heterocycles. The highest BCUT2D eigenvalue weighted by atomic mass is 19.3. The van der Waals surface area contributed by atoms with Gasteiger partial charge in [0.2, 0.25) is 0 Å². The van der Waals surface area contributed by atoms with E-state index < -0.39 is 6.43 Å². The van der Waals surface area contributed by atoms with Crippen LogP contribution in [0.25, 0.3) is 0 Å². The third-order valence-corrected chi connectivity index (χ3v) is 3.71. The highest BCUT2D eigenvalue weighted by Gasteiger charge is 2.16. The number of amides is 2. The molecule has 2 N–H and O–H groups in total. The number of hydrogen-bond acceptors (Lipinski definition) is 1. The second kappa shape index (κ2) is 6.68. The summed E-state index contributed by atoms with van der Waals surface area (Å²) < 4.78 is 25.6. The number of benzene rings is 1. The average Bonchev–Trinajstić information content (AvgIpc) is 2.41. The van der Waals surface area contributed by atoms with E-state index in [0.29, 0.717) is 11.3 Å². The van der Waals surface area contributed by atoms with Crippen molar-refractivity contribution in [1.29, 1.82) is 0 Å². The van der Waals surface area contributed by atoms with E-state index in [1.165, 1.54) is 12.5 Å². The minimum atomic E-state index is -2.53. The van der Waals surface area contributed by atoms with Gasteiger partial charge in [-0.2, -0.15) is 0 Å². The lowest BCUT2D eigenvalue weighted by atomic mass is 9.96. The van der Waals surface area contributed by atoms with Crippen molar-refractivity contribution >= 4 is 11.7 Å². The Labute approximate surface area is 117 Å². The maximum Gasteiger partial charge on any atom is 0.319 e. The predicted molar refractivity (Wildman–Crippen MR) is 75.2 cm³/mol. The summed E-state index contributed by atoms with van der Waals surface area (Å²) in [7, 11) is 0. The fourth-order valence-electron chi connectivity index (χ4n) is 2.55. The van der Waals surface area contributed by atoms with E-state index in [9.17, 15) is 13.6 Å². The van der Waals surface area contributed by atoms with E-state index in [1.54, 1.807) is 19.1 Å². The van der Waals surface area contributed by atoms with Gasteiger partial charge in [-0.15, -0.1) is 0 Å². The molecule has 110 valence electrons. The van der Waals surface area contributed by atoms with Crippen LogP contribution in [-0.2, 0) is 0 Å². The molecule has 0 spiro atoms. The Bertz CT molecular complexity index is 471. The first-order chi connectivity index (χ1) is 9.56. The van der Waals surface area contributed by atoms with Crippen LogP contribution in [0.3, 0.4) is 0 Å². The van der Waals surface area contributed by atoms with Crippen LogP contribution in [0.4, 0.5) is 19.3 Å². The van der Waals surface area contributed by atoms with Gasteiger partial charge in [0.15, 0.2) is 0 Å². The molecule has 1 aromatic rings. The van der Waals surface area contributed by atoms with Crippen molar-refractivity contribution in [2.24, 2.45) is 0 Å². The van der Waals surface area contributed by atoms with Gasteiger partial charge in [0.05, 0.1) is 0 Å². The molecule has 2 amide bonds. The molecule has 1 fully saturated rings. The van der Waals surface area contributed by atoms with E-state index in [2.05, 4.69) is 10.6 Å². The molecule has 0 bridgehead atoms. The van der Waals surface area contributed by atoms with Crippen molar-refractivity contribution < 1.29 is 13.6 Å². The molecule has 1 aliphatic carbocycles. The Morgan fingerprint density at radius 1 is 1.25 bits per heavy atom. The number of carbonyl (C=O) groups excluding carboxylic acids is 1. The number of halogens is 2. The standard InChI is InChI=1S/C15H20F2N2O/c1-10-7-8-12(9-13(10)14(16)17)19-15(20)18-11-5-3-2-4-6-11/h7-9,11,14H,2-6H2,1H3,(H2,18,19,20). The highest BCUT2D eigenvalue weighted by molar-refractivity contribution is 5.89. The summed E-state index contributed by atoms with van der Waals surface area (Å²) in [4.78, 5) is 11.8. The average molecular weight is 282 g/mol. The quantitative estimate of drug-likeness (QED) is 0.848. The van der Waals surface area contributed by atoms with E-state index in [4.69, 9.17) is 0 Å². The van der Waals surface area contributed by atoms with Crippen LogP contribution < -0.4 is 10.6 Å². The molecular weight excluding hydrogens is 262 g/mol. The van der Waals surface area contributed by atoms with Crippen LogP contribution in [0.2, 0.25) is 0 Å². The molecule has 1 aromatic carbocycles. The highest BCUT2D eigenvalue weighted by Crippen LogP contribution is 2.25. The van der Waals surface area contributed by atoms with Gasteiger partial charge in [0.25, 0.3) is 6.43 Å². The van der Waals surface area contributed by atoms with Crippen molar-refractivity contribution in [3.05, 3.63) is 29.3 Å². The minimum absolute atomic E-state index is 0.0412. The molecule has 0 radical (unpaired) electrons. The number of anilines is 1. The molecule has 0 aromatic heterocycles. The molecule has 2 rings (SSSR count). The van der Waals surface area contributed by atoms with Gasteiger partial charge >= 0.3 is 6.03 Å². The lowest BCUT2D eigenvalue weighted by Crippen LogP contribution is -2.39. The second-order valence-corrected chi connectivity index (χ2v) is 5.31. The molecule has 3 nitrogen and oxygen atoms in total. The van der Waals surface area contributed by atoms with Crippen LogP contribution in [0.15, 0.2) is 18.2 Å². The number of hydrogen-bond donors (Lipinski definition) is 2. The summed E-state index contributed by atoms with van der Waals surface area (Å²) in [5.74, 6) is 0. The lowest BCUT2D eigenvalue weighted by molar-refractivity contribution is 0.150. The summed E-state index contributed by atoms with van der Waals surface area (Å²) >= 11 is 0. The second-order valence-electron chi connectivity index (χ2n) is 5.31. The molecule has 5 heteroatoms. The number of rotatable bonds is 3. The number of urea groups is 1. The number of nitrogens with one attached hydrogen (secondary N) is 2. The minimum Gasteiger partial charge on any atom is -0.335 e. The van der Waals surface area contributed by atoms with E-state index in [1.807, 2.05) is 0 Å². The SMILES string of the molecule is Cc1ccc(NC(=O)NC2CCCCC2)cc1C(F)F. The van der Waals surface area contributed by atoms with Crippen LogP contribution in [-0.4, -0.2) is 12.1 Å². The van der Waals surface area contributed by atoms with Crippen molar-refractivity contribution in [3.63, 3.8) is 0 Å². The maximum atomic E-state index is 12.8. The Morgan fingerprint density at radius 3 is 2.60 bits per heavy atom. The summed E-state index contributed by atoms with van der Waals surface area (Å²) in [6, 6.07) is 4.45. The summed E-state index contributed by atoms with van der Waals surface area (Å²) in [5, 5.41) is 5.52. The number of aryl methyl sites for hydroxylation is 1. The van der Waals surface area contributed by atoms with Gasteiger partial charge in [-0.1, -0.05) is 25.3 Å². The van der Waals surface area contributed by atoms with Gasteiger partial charge in [-0.05, 0) is 37.5 Å². The summed E-state index contributed by atoms with van der Waals surface area (Å²) in [6.07, 6.45) is 2.93. The van der Waals surface area contributed by atoms with Crippen LogP contribution in [0.5, 0.6) is 0 Å². The monoisotopic (exact) mass is 282 g/mol. The number of carbonyl (C=O) groups is 1. The van der Waals surface area contributed by atoms with Crippen LogP contribution in [0, 0.1) is 6.92 Å². The van der Waals surface area contributed by atoms with Crippen molar-refractivity contribution in [2.75, 3.05) is 5.32 Å². The maximum absolute atomic E-state index is 12.8. The Hall–Kier alpha value is -1.65. The molecule has 0 aliphatic heterocycles. The molecule has 0 saturated heterocycles. The topological polar surface area (TPSA) is 41.1 Å². The van der Waals surface area contributed by atoms with Gasteiger partial charge in [0.1, 0.15) is 0 Å². The first kappa shape index (κ1) is 14.8. The van der Waals surface area contributed by atoms with Crippen LogP contribution in [0.1, 0.15) is 49.7 Å². The number of alkyl halides is 2. The zero-order valence-corrected chi connectivity index (χ0v) is 11.6. The third kappa shape index (κ3) is 3.92. The van der Waals surface area contributed by atoms with Gasteiger partial charge in [0, 0.05) is 17.3 Å². The molecule has 1 saturated carbocycles. The largest absolute Gasteiger partial charge is 0.335 e. The van der Waals surface area contributed by atoms with Crippen LogP contribution >= 0.6 is 0 Å². The summed E-state index contributed by atoms with van der Waals surface area (Å²) in [5.41, 5.74) is 0.887. The molecular formula is C15H20F2N2O.